The van der Waals surface area contributed by atoms with E-state index in [0.29, 0.717) is 0 Å². The highest BCUT2D eigenvalue weighted by Crippen LogP contribution is 2.41. The highest BCUT2D eigenvalue weighted by atomic mass is 32.2. The van der Waals surface area contributed by atoms with Crippen LogP contribution in [0, 0.1) is 17.2 Å². The number of hydrogen-bond donors (Lipinski definition) is 0. The van der Waals surface area contributed by atoms with Gasteiger partial charge < -0.3 is 4.84 Å². The lowest BCUT2D eigenvalue weighted by Crippen LogP contribution is -2.33. The third-order valence-corrected chi connectivity index (χ3v) is 5.00. The quantitative estimate of drug-likeness (QED) is 0.717. The lowest BCUT2D eigenvalue weighted by atomic mass is 9.80. The van der Waals surface area contributed by atoms with E-state index in [2.05, 4.69) is 11.2 Å². The van der Waals surface area contributed by atoms with Gasteiger partial charge >= 0.3 is 6.18 Å². The summed E-state index contributed by atoms with van der Waals surface area (Å²) in [5, 5.41) is 13.2. The zero-order valence-electron chi connectivity index (χ0n) is 11.7. The Morgan fingerprint density at radius 3 is 2.45 bits per heavy atom. The lowest BCUT2D eigenvalue weighted by Gasteiger charge is -2.34. The predicted molar refractivity (Wildman–Crippen MR) is 73.6 cm³/mol. The van der Waals surface area contributed by atoms with E-state index in [-0.39, 0.29) is 11.7 Å². The average molecular weight is 308 g/mol. The highest BCUT2D eigenvalue weighted by molar-refractivity contribution is 8.00. The summed E-state index contributed by atoms with van der Waals surface area (Å²) < 4.78 is 35.8. The van der Waals surface area contributed by atoms with E-state index in [1.165, 1.54) is 7.11 Å². The lowest BCUT2D eigenvalue weighted by molar-refractivity contribution is -0.129. The molecule has 1 atom stereocenters. The maximum Gasteiger partial charge on any atom is 0.389 e. The maximum absolute atomic E-state index is 12.2. The Hall–Kier alpha value is -0.900. The van der Waals surface area contributed by atoms with Gasteiger partial charge in [-0.3, -0.25) is 0 Å². The molecule has 0 aromatic heterocycles. The van der Waals surface area contributed by atoms with Crippen LogP contribution < -0.4 is 0 Å². The average Bonchev–Trinajstić information content (AvgIpc) is 2.38. The summed E-state index contributed by atoms with van der Waals surface area (Å²) in [5.41, 5.74) is 0.962. The summed E-state index contributed by atoms with van der Waals surface area (Å²) in [6, 6.07) is 2.21. The van der Waals surface area contributed by atoms with Crippen LogP contribution >= 0.6 is 11.8 Å². The fourth-order valence-corrected chi connectivity index (χ4v) is 3.64. The summed E-state index contributed by atoms with van der Waals surface area (Å²) in [6.45, 7) is 1.75. The van der Waals surface area contributed by atoms with Crippen LogP contribution in [0.3, 0.4) is 0 Å². The van der Waals surface area contributed by atoms with Crippen LogP contribution in [-0.4, -0.2) is 29.5 Å². The minimum Gasteiger partial charge on any atom is -0.399 e. The number of rotatable bonds is 5. The Morgan fingerprint density at radius 1 is 1.40 bits per heavy atom. The molecule has 0 radical (unpaired) electrons. The molecule has 1 aliphatic carbocycles. The van der Waals surface area contributed by atoms with Gasteiger partial charge in [-0.15, -0.1) is 11.8 Å². The van der Waals surface area contributed by atoms with Crippen molar-refractivity contribution < 1.29 is 18.0 Å². The monoisotopic (exact) mass is 308 g/mol. The topological polar surface area (TPSA) is 45.4 Å². The second-order valence-electron chi connectivity index (χ2n) is 5.05. The van der Waals surface area contributed by atoms with E-state index in [1.54, 1.807) is 6.92 Å². The van der Waals surface area contributed by atoms with Crippen molar-refractivity contribution in [1.82, 2.24) is 0 Å². The van der Waals surface area contributed by atoms with E-state index in [9.17, 15) is 18.4 Å². The van der Waals surface area contributed by atoms with E-state index >= 15 is 0 Å². The zero-order chi connectivity index (χ0) is 15.2. The first-order valence-corrected chi connectivity index (χ1v) is 7.50. The van der Waals surface area contributed by atoms with Gasteiger partial charge in [0.15, 0.2) is 0 Å². The van der Waals surface area contributed by atoms with Gasteiger partial charge in [0.2, 0.25) is 0 Å². The number of thioether (sulfide) groups is 1. The molecule has 3 nitrogen and oxygen atoms in total. The van der Waals surface area contributed by atoms with Gasteiger partial charge in [-0.2, -0.15) is 18.4 Å². The van der Waals surface area contributed by atoms with Crippen LogP contribution in [0.15, 0.2) is 5.16 Å². The number of alkyl halides is 3. The smallest absolute Gasteiger partial charge is 0.389 e. The Kier molecular flexibility index (Phi) is 6.18. The number of oxime groups is 1. The molecule has 1 fully saturated rings. The van der Waals surface area contributed by atoms with Gasteiger partial charge in [-0.05, 0) is 38.5 Å². The Bertz CT molecular complexity index is 382. The molecule has 1 aliphatic rings. The van der Waals surface area contributed by atoms with Gasteiger partial charge in [0, 0.05) is 5.75 Å². The molecule has 0 aromatic carbocycles. The molecule has 114 valence electrons. The number of hydrogen-bond acceptors (Lipinski definition) is 4. The molecule has 0 aliphatic heterocycles. The SMILES string of the molecule is CON=C1CCC(C(C)(C#N)SCCC(F)(F)F)CC1. The van der Waals surface area contributed by atoms with Crippen molar-refractivity contribution in [3.05, 3.63) is 0 Å². The van der Waals surface area contributed by atoms with E-state index < -0.39 is 17.3 Å². The van der Waals surface area contributed by atoms with Gasteiger partial charge in [0.05, 0.1) is 18.2 Å². The Balaban J connectivity index is 2.53. The first-order valence-electron chi connectivity index (χ1n) is 6.51. The third-order valence-electron chi connectivity index (χ3n) is 3.57. The van der Waals surface area contributed by atoms with Crippen molar-refractivity contribution in [2.24, 2.45) is 11.1 Å². The van der Waals surface area contributed by atoms with Gasteiger partial charge in [0.25, 0.3) is 0 Å². The molecule has 0 spiro atoms. The van der Waals surface area contributed by atoms with Crippen LogP contribution in [0.25, 0.3) is 0 Å². The van der Waals surface area contributed by atoms with Crippen molar-refractivity contribution in [2.75, 3.05) is 12.9 Å². The standard InChI is InChI=1S/C13H19F3N2OS/c1-12(9-17,20-8-7-13(14,15)16)10-3-5-11(6-4-10)18-19-2/h10H,3-8H2,1-2H3. The first kappa shape index (κ1) is 17.2. The van der Waals surface area contributed by atoms with Crippen LogP contribution in [0.1, 0.15) is 39.0 Å². The number of nitriles is 1. The number of nitrogens with zero attached hydrogens (tertiary/aromatic N) is 2. The number of halogens is 3. The van der Waals surface area contributed by atoms with Crippen molar-refractivity contribution in [3.8, 4) is 6.07 Å². The first-order chi connectivity index (χ1) is 9.30. The molecule has 0 amide bonds. The Labute approximate surface area is 121 Å². The molecular weight excluding hydrogens is 289 g/mol. The molecule has 1 rings (SSSR count). The molecule has 0 saturated heterocycles. The largest absolute Gasteiger partial charge is 0.399 e. The van der Waals surface area contributed by atoms with Crippen molar-refractivity contribution in [1.29, 1.82) is 5.26 Å². The van der Waals surface area contributed by atoms with Crippen molar-refractivity contribution in [3.63, 3.8) is 0 Å². The third kappa shape index (κ3) is 5.23. The molecule has 1 saturated carbocycles. The van der Waals surface area contributed by atoms with Gasteiger partial charge in [-0.1, -0.05) is 5.16 Å². The van der Waals surface area contributed by atoms with Gasteiger partial charge in [-0.25, -0.2) is 0 Å². The summed E-state index contributed by atoms with van der Waals surface area (Å²) in [4.78, 5) is 4.72. The molecule has 1 unspecified atom stereocenters. The summed E-state index contributed by atoms with van der Waals surface area (Å²) >= 11 is 1.12. The molecule has 0 heterocycles. The minimum atomic E-state index is -4.16. The van der Waals surface area contributed by atoms with Gasteiger partial charge in [0.1, 0.15) is 11.9 Å². The minimum absolute atomic E-state index is 0.0664. The second kappa shape index (κ2) is 7.21. The van der Waals surface area contributed by atoms with Crippen LogP contribution in [-0.2, 0) is 4.84 Å². The second-order valence-corrected chi connectivity index (χ2v) is 6.59. The van der Waals surface area contributed by atoms with Crippen LogP contribution in [0.2, 0.25) is 0 Å². The fourth-order valence-electron chi connectivity index (χ4n) is 2.34. The highest BCUT2D eigenvalue weighted by Gasteiger charge is 2.38. The van der Waals surface area contributed by atoms with E-state index in [4.69, 9.17) is 4.84 Å². The van der Waals surface area contributed by atoms with Crippen LogP contribution in [0.5, 0.6) is 0 Å². The maximum atomic E-state index is 12.2. The molecule has 0 aromatic rings. The summed E-state index contributed by atoms with van der Waals surface area (Å²) in [7, 11) is 1.49. The molecule has 0 bridgehead atoms. The van der Waals surface area contributed by atoms with Crippen molar-refractivity contribution in [2.45, 2.75) is 50.0 Å². The summed E-state index contributed by atoms with van der Waals surface area (Å²) in [5.74, 6) is 0.0323. The van der Waals surface area contributed by atoms with Crippen molar-refractivity contribution >= 4 is 17.5 Å². The summed E-state index contributed by atoms with van der Waals surface area (Å²) in [6.07, 6.45) is -1.98. The predicted octanol–water partition coefficient (Wildman–Crippen LogP) is 4.15. The van der Waals surface area contributed by atoms with E-state index in [1.807, 2.05) is 0 Å². The zero-order valence-corrected chi connectivity index (χ0v) is 12.5. The molecule has 7 heteroatoms. The Morgan fingerprint density at radius 2 is 2.00 bits per heavy atom. The normalized spacial score (nSPS) is 22.8. The van der Waals surface area contributed by atoms with Crippen LogP contribution in [0.4, 0.5) is 13.2 Å². The fraction of sp³-hybridized carbons (Fsp3) is 0.846. The molecule has 20 heavy (non-hydrogen) atoms. The molecular formula is C13H19F3N2OS. The molecule has 0 N–H and O–H groups in total. The van der Waals surface area contributed by atoms with E-state index in [0.717, 1.165) is 43.2 Å².